The molecule has 0 spiro atoms. The summed E-state index contributed by atoms with van der Waals surface area (Å²) < 4.78 is 47.3. The highest BCUT2D eigenvalue weighted by atomic mass is 32.2. The van der Waals surface area contributed by atoms with Crippen LogP contribution in [0.4, 0.5) is 10.1 Å². The lowest BCUT2D eigenvalue weighted by Crippen LogP contribution is -2.41. The first-order valence-corrected chi connectivity index (χ1v) is 9.63. The van der Waals surface area contributed by atoms with Gasteiger partial charge < -0.3 is 14.0 Å². The van der Waals surface area contributed by atoms with Gasteiger partial charge in [-0.2, -0.15) is 0 Å². The lowest BCUT2D eigenvalue weighted by Gasteiger charge is -2.32. The third-order valence-electron chi connectivity index (χ3n) is 4.87. The first-order chi connectivity index (χ1) is 12.7. The molecule has 1 aliphatic heterocycles. The molecular weight excluding hydrogens is 370 g/mol. The van der Waals surface area contributed by atoms with E-state index in [0.717, 1.165) is 0 Å². The average Bonchev–Trinajstić information content (AvgIpc) is 2.84. The molecule has 1 atom stereocenters. The topological polar surface area (TPSA) is 69.7 Å². The molecule has 9 heteroatoms. The number of ether oxygens (including phenoxy) is 1. The molecule has 6 nitrogen and oxygen atoms in total. The summed E-state index contributed by atoms with van der Waals surface area (Å²) in [4.78, 5) is 4.05. The van der Waals surface area contributed by atoms with Crippen LogP contribution in [-0.4, -0.2) is 34.6 Å². The van der Waals surface area contributed by atoms with Crippen molar-refractivity contribution >= 4 is 29.3 Å². The van der Waals surface area contributed by atoms with Crippen molar-refractivity contribution in [2.45, 2.75) is 43.9 Å². The number of nitrogens with one attached hydrogen (secondary N) is 1. The Bertz CT molecular complexity index is 862. The van der Waals surface area contributed by atoms with Crippen LogP contribution in [0.25, 0.3) is 0 Å². The third-order valence-corrected chi connectivity index (χ3v) is 5.93. The van der Waals surface area contributed by atoms with Crippen LogP contribution < -0.4 is 14.9 Å². The lowest BCUT2D eigenvalue weighted by atomic mass is 9.78. The lowest BCUT2D eigenvalue weighted by molar-refractivity contribution is 0.00578. The fraction of sp³-hybridized carbons (Fsp3) is 0.389. The molecule has 0 saturated carbocycles. The molecule has 0 amide bonds. The summed E-state index contributed by atoms with van der Waals surface area (Å²) in [6, 6.07) is 8.04. The highest BCUT2D eigenvalue weighted by Crippen LogP contribution is 2.37. The SMILES string of the molecule is COc1cccnc1S(=O)Nc1cccc(B2OC(C)(C)C(C)(C)O2)c1F. The van der Waals surface area contributed by atoms with Crippen LogP contribution in [0.2, 0.25) is 0 Å². The van der Waals surface area contributed by atoms with Crippen molar-refractivity contribution in [2.24, 2.45) is 0 Å². The molecule has 1 aromatic carbocycles. The standard InChI is InChI=1S/C18H22BFN2O4S/c1-17(2)18(3,4)26-19(25-17)12-8-6-9-13(15(12)20)22-27(23)16-14(24-5)10-7-11-21-16/h6-11,22H,1-5H3. The highest BCUT2D eigenvalue weighted by molar-refractivity contribution is 7.86. The zero-order valence-corrected chi connectivity index (χ0v) is 16.7. The van der Waals surface area contributed by atoms with E-state index in [0.29, 0.717) is 5.75 Å². The van der Waals surface area contributed by atoms with E-state index in [1.807, 2.05) is 27.7 Å². The summed E-state index contributed by atoms with van der Waals surface area (Å²) in [6.45, 7) is 7.59. The van der Waals surface area contributed by atoms with Gasteiger partial charge >= 0.3 is 7.12 Å². The van der Waals surface area contributed by atoms with Gasteiger partial charge in [-0.15, -0.1) is 0 Å². The average molecular weight is 392 g/mol. The van der Waals surface area contributed by atoms with Crippen molar-refractivity contribution in [1.29, 1.82) is 0 Å². The molecule has 1 unspecified atom stereocenters. The zero-order valence-electron chi connectivity index (χ0n) is 15.9. The Labute approximate surface area is 161 Å². The molecule has 0 aliphatic carbocycles. The minimum atomic E-state index is -1.80. The highest BCUT2D eigenvalue weighted by Gasteiger charge is 2.52. The molecular formula is C18H22BFN2O4S. The van der Waals surface area contributed by atoms with Gasteiger partial charge in [-0.1, -0.05) is 12.1 Å². The minimum absolute atomic E-state index is 0.0632. The van der Waals surface area contributed by atoms with Crippen LogP contribution in [0, 0.1) is 5.82 Å². The van der Waals surface area contributed by atoms with Gasteiger partial charge in [0.25, 0.3) is 0 Å². The van der Waals surface area contributed by atoms with Gasteiger partial charge in [-0.05, 0) is 45.9 Å². The Hall–Kier alpha value is -1.97. The van der Waals surface area contributed by atoms with Crippen LogP contribution >= 0.6 is 0 Å². The summed E-state index contributed by atoms with van der Waals surface area (Å²) in [5.41, 5.74) is -0.869. The van der Waals surface area contributed by atoms with Crippen molar-refractivity contribution in [3.8, 4) is 5.75 Å². The zero-order chi connectivity index (χ0) is 19.8. The van der Waals surface area contributed by atoms with E-state index in [1.54, 1.807) is 24.3 Å². The fourth-order valence-electron chi connectivity index (χ4n) is 2.60. The number of halogens is 1. The van der Waals surface area contributed by atoms with E-state index in [2.05, 4.69) is 9.71 Å². The number of rotatable bonds is 5. The summed E-state index contributed by atoms with van der Waals surface area (Å²) in [5, 5.41) is 0.181. The molecule has 1 saturated heterocycles. The van der Waals surface area contributed by atoms with Crippen molar-refractivity contribution in [1.82, 2.24) is 4.98 Å². The van der Waals surface area contributed by atoms with Crippen molar-refractivity contribution in [3.63, 3.8) is 0 Å². The van der Waals surface area contributed by atoms with Crippen LogP contribution in [0.5, 0.6) is 5.75 Å². The summed E-state index contributed by atoms with van der Waals surface area (Å²) in [7, 11) is -1.20. The Morgan fingerprint density at radius 1 is 1.15 bits per heavy atom. The van der Waals surface area contributed by atoms with Gasteiger partial charge in [0.05, 0.1) is 24.0 Å². The van der Waals surface area contributed by atoms with Crippen LogP contribution in [-0.2, 0) is 20.3 Å². The number of benzene rings is 1. The quantitative estimate of drug-likeness (QED) is 0.793. The maximum absolute atomic E-state index is 15.1. The van der Waals surface area contributed by atoms with Crippen molar-refractivity contribution in [3.05, 3.63) is 42.3 Å². The van der Waals surface area contributed by atoms with Gasteiger partial charge in [0.15, 0.2) is 21.8 Å². The van der Waals surface area contributed by atoms with Gasteiger partial charge in [-0.25, -0.2) is 13.6 Å². The van der Waals surface area contributed by atoms with Gasteiger partial charge in [-0.3, -0.25) is 4.72 Å². The van der Waals surface area contributed by atoms with Crippen LogP contribution in [0.1, 0.15) is 27.7 Å². The van der Waals surface area contributed by atoms with E-state index in [1.165, 1.54) is 19.4 Å². The second-order valence-electron chi connectivity index (χ2n) is 7.18. The van der Waals surface area contributed by atoms with E-state index < -0.39 is 35.1 Å². The van der Waals surface area contributed by atoms with E-state index >= 15 is 4.39 Å². The predicted octanol–water partition coefficient (Wildman–Crippen LogP) is 2.66. The molecule has 1 fully saturated rings. The number of aromatic nitrogens is 1. The number of anilines is 1. The monoisotopic (exact) mass is 392 g/mol. The maximum Gasteiger partial charge on any atom is 0.497 e. The minimum Gasteiger partial charge on any atom is -0.494 e. The van der Waals surface area contributed by atoms with E-state index in [4.69, 9.17) is 14.0 Å². The number of hydrogen-bond acceptors (Lipinski definition) is 5. The molecule has 2 aromatic rings. The first-order valence-electron chi connectivity index (χ1n) is 8.48. The Kier molecular flexibility index (Phi) is 5.29. The number of methoxy groups -OCH3 is 1. The molecule has 0 bridgehead atoms. The molecule has 1 N–H and O–H groups in total. The number of pyridine rings is 1. The third kappa shape index (κ3) is 3.72. The van der Waals surface area contributed by atoms with Crippen molar-refractivity contribution < 1.29 is 22.6 Å². The largest absolute Gasteiger partial charge is 0.497 e. The summed E-state index contributed by atoms with van der Waals surface area (Å²) >= 11 is 0. The smallest absolute Gasteiger partial charge is 0.494 e. The molecule has 1 aliphatic rings. The van der Waals surface area contributed by atoms with E-state index in [9.17, 15) is 4.21 Å². The molecule has 1 aromatic heterocycles. The Morgan fingerprint density at radius 3 is 2.44 bits per heavy atom. The molecule has 3 rings (SSSR count). The molecule has 2 heterocycles. The normalized spacial score (nSPS) is 19.0. The summed E-state index contributed by atoms with van der Waals surface area (Å²) in [6.07, 6.45) is 1.49. The molecule has 27 heavy (non-hydrogen) atoms. The van der Waals surface area contributed by atoms with E-state index in [-0.39, 0.29) is 16.2 Å². The van der Waals surface area contributed by atoms with Gasteiger partial charge in [0.2, 0.25) is 0 Å². The molecule has 144 valence electrons. The van der Waals surface area contributed by atoms with Gasteiger partial charge in [0, 0.05) is 11.7 Å². The maximum atomic E-state index is 15.1. The second-order valence-corrected chi connectivity index (χ2v) is 8.31. The summed E-state index contributed by atoms with van der Waals surface area (Å²) in [5.74, 6) is -0.231. The predicted molar refractivity (Wildman–Crippen MR) is 103 cm³/mol. The van der Waals surface area contributed by atoms with Crippen LogP contribution in [0.15, 0.2) is 41.6 Å². The van der Waals surface area contributed by atoms with Gasteiger partial charge in [0.1, 0.15) is 5.82 Å². The molecule has 0 radical (unpaired) electrons. The fourth-order valence-corrected chi connectivity index (χ4v) is 3.54. The second kappa shape index (κ2) is 7.22. The van der Waals surface area contributed by atoms with Crippen LogP contribution in [0.3, 0.4) is 0 Å². The Morgan fingerprint density at radius 2 is 1.81 bits per heavy atom. The first kappa shape index (κ1) is 19.8. The number of nitrogens with zero attached hydrogens (tertiary/aromatic N) is 1. The number of hydrogen-bond donors (Lipinski definition) is 1. The Balaban J connectivity index is 1.87. The van der Waals surface area contributed by atoms with Crippen molar-refractivity contribution in [2.75, 3.05) is 11.8 Å².